The van der Waals surface area contributed by atoms with E-state index in [-0.39, 0.29) is 5.56 Å². The van der Waals surface area contributed by atoms with Crippen LogP contribution in [0.2, 0.25) is 0 Å². The zero-order chi connectivity index (χ0) is 15.1. The van der Waals surface area contributed by atoms with Crippen LogP contribution in [0.15, 0.2) is 35.1 Å². The number of nitrogens with zero attached hydrogens (tertiary/aromatic N) is 2. The molecule has 0 saturated carbocycles. The van der Waals surface area contributed by atoms with Gasteiger partial charge in [0.15, 0.2) is 0 Å². The van der Waals surface area contributed by atoms with Crippen LogP contribution in [-0.2, 0) is 7.05 Å². The number of aliphatic hydroxyl groups excluding tert-OH is 1. The van der Waals surface area contributed by atoms with Gasteiger partial charge >= 0.3 is 0 Å². The molecule has 0 radical (unpaired) electrons. The average Bonchev–Trinajstić information content (AvgIpc) is 2.60. The predicted molar refractivity (Wildman–Crippen MR) is 81.0 cm³/mol. The molecular weight excluding hydrogens is 323 g/mol. The van der Waals surface area contributed by atoms with Crippen molar-refractivity contribution in [1.29, 1.82) is 0 Å². The molecule has 0 aliphatic rings. The molecule has 0 aliphatic heterocycles. The highest BCUT2D eigenvalue weighted by Gasteiger charge is 2.37. The number of para-hydroxylation sites is 1. The Kier molecular flexibility index (Phi) is 4.21. The van der Waals surface area contributed by atoms with Gasteiger partial charge < -0.3 is 5.11 Å². The quantitative estimate of drug-likeness (QED) is 0.858. The summed E-state index contributed by atoms with van der Waals surface area (Å²) in [7, 11) is 1.71. The number of hydrogen-bond acceptors (Lipinski definition) is 2. The molecule has 0 saturated heterocycles. The Balaban J connectivity index is 2.68. The lowest BCUT2D eigenvalue weighted by Crippen LogP contribution is -2.26. The van der Waals surface area contributed by atoms with Crippen molar-refractivity contribution in [1.82, 2.24) is 9.36 Å². The van der Waals surface area contributed by atoms with E-state index in [2.05, 4.69) is 0 Å². The second kappa shape index (κ2) is 5.45. The topological polar surface area (TPSA) is 47.2 Å². The van der Waals surface area contributed by atoms with Gasteiger partial charge in [-0.05, 0) is 19.1 Å². The first-order chi connectivity index (χ1) is 9.25. The van der Waals surface area contributed by atoms with Crippen LogP contribution >= 0.6 is 34.8 Å². The molecule has 1 N–H and O–H groups in total. The van der Waals surface area contributed by atoms with Gasteiger partial charge in [0.25, 0.3) is 5.56 Å². The number of rotatable bonds is 2. The SMILES string of the molecule is Cc1c([C@H](O)C(Cl)(Cl)Cl)c(=O)n(-c2ccccc2)n1C. The molecule has 2 aromatic rings. The standard InChI is InChI=1S/C13H13Cl3N2O2/c1-8-10(11(19)13(14,15)16)12(20)18(17(8)2)9-6-4-3-5-7-9/h3-7,11,19H,1-2H3/t11-/m0/s1. The highest BCUT2D eigenvalue weighted by atomic mass is 35.6. The Labute approximate surface area is 131 Å². The Morgan fingerprint density at radius 2 is 1.75 bits per heavy atom. The van der Waals surface area contributed by atoms with Crippen LogP contribution in [0.4, 0.5) is 0 Å². The summed E-state index contributed by atoms with van der Waals surface area (Å²) in [6.45, 7) is 1.69. The van der Waals surface area contributed by atoms with E-state index in [9.17, 15) is 9.90 Å². The summed E-state index contributed by atoms with van der Waals surface area (Å²) >= 11 is 17.1. The van der Waals surface area contributed by atoms with E-state index in [1.807, 2.05) is 18.2 Å². The summed E-state index contributed by atoms with van der Waals surface area (Å²) in [4.78, 5) is 12.5. The fraction of sp³-hybridized carbons (Fsp3) is 0.308. The van der Waals surface area contributed by atoms with Crippen molar-refractivity contribution in [3.8, 4) is 5.69 Å². The lowest BCUT2D eigenvalue weighted by atomic mass is 10.1. The van der Waals surface area contributed by atoms with Crippen LogP contribution < -0.4 is 5.56 Å². The lowest BCUT2D eigenvalue weighted by Gasteiger charge is -2.17. The first-order valence-corrected chi connectivity index (χ1v) is 6.97. The van der Waals surface area contributed by atoms with Gasteiger partial charge in [0.2, 0.25) is 3.79 Å². The Morgan fingerprint density at radius 1 is 1.20 bits per heavy atom. The zero-order valence-electron chi connectivity index (χ0n) is 10.8. The zero-order valence-corrected chi connectivity index (χ0v) is 13.1. The van der Waals surface area contributed by atoms with Crippen LogP contribution in [0.5, 0.6) is 0 Å². The molecule has 4 nitrogen and oxygen atoms in total. The monoisotopic (exact) mass is 334 g/mol. The highest BCUT2D eigenvalue weighted by Crippen LogP contribution is 2.39. The summed E-state index contributed by atoms with van der Waals surface area (Å²) < 4.78 is 1.08. The number of hydrogen-bond donors (Lipinski definition) is 1. The predicted octanol–water partition coefficient (Wildman–Crippen LogP) is 2.89. The van der Waals surface area contributed by atoms with E-state index in [0.29, 0.717) is 11.4 Å². The van der Waals surface area contributed by atoms with Gasteiger partial charge in [0.1, 0.15) is 6.10 Å². The number of alkyl halides is 3. The van der Waals surface area contributed by atoms with Crippen LogP contribution in [-0.4, -0.2) is 18.3 Å². The lowest BCUT2D eigenvalue weighted by molar-refractivity contribution is 0.180. The van der Waals surface area contributed by atoms with Crippen LogP contribution in [0.3, 0.4) is 0 Å². The molecule has 7 heteroatoms. The fourth-order valence-electron chi connectivity index (χ4n) is 2.07. The Bertz CT molecular complexity index is 671. The van der Waals surface area contributed by atoms with Gasteiger partial charge in [0.05, 0.1) is 11.3 Å². The molecule has 1 atom stereocenters. The van der Waals surface area contributed by atoms with Crippen LogP contribution in [0.1, 0.15) is 17.4 Å². The molecule has 0 unspecified atom stereocenters. The van der Waals surface area contributed by atoms with Gasteiger partial charge in [0, 0.05) is 12.7 Å². The van der Waals surface area contributed by atoms with Crippen molar-refractivity contribution in [2.45, 2.75) is 16.8 Å². The third-order valence-electron chi connectivity index (χ3n) is 3.18. The Hall–Kier alpha value is -0.940. The molecule has 1 aromatic carbocycles. The first kappa shape index (κ1) is 15.4. The van der Waals surface area contributed by atoms with Gasteiger partial charge in [-0.15, -0.1) is 0 Å². The van der Waals surface area contributed by atoms with Crippen molar-refractivity contribution >= 4 is 34.8 Å². The molecule has 0 fully saturated rings. The summed E-state index contributed by atoms with van der Waals surface area (Å²) in [5.41, 5.74) is 0.884. The maximum atomic E-state index is 12.5. The molecule has 108 valence electrons. The molecule has 1 heterocycles. The maximum Gasteiger partial charge on any atom is 0.277 e. The van der Waals surface area contributed by atoms with Gasteiger partial charge in [-0.25, -0.2) is 4.68 Å². The maximum absolute atomic E-state index is 12.5. The fourth-order valence-corrected chi connectivity index (χ4v) is 2.39. The molecule has 0 aliphatic carbocycles. The molecule has 0 bridgehead atoms. The largest absolute Gasteiger partial charge is 0.384 e. The van der Waals surface area contributed by atoms with Crippen LogP contribution in [0.25, 0.3) is 5.69 Å². The second-order valence-corrected chi connectivity index (χ2v) is 6.79. The van der Waals surface area contributed by atoms with E-state index >= 15 is 0 Å². The normalized spacial score (nSPS) is 13.5. The van der Waals surface area contributed by atoms with Crippen molar-refractivity contribution < 1.29 is 5.11 Å². The van der Waals surface area contributed by atoms with E-state index in [0.717, 1.165) is 0 Å². The third-order valence-corrected chi connectivity index (χ3v) is 3.80. The molecule has 20 heavy (non-hydrogen) atoms. The van der Waals surface area contributed by atoms with Gasteiger partial charge in [-0.2, -0.15) is 0 Å². The molecule has 1 aromatic heterocycles. The minimum atomic E-state index is -1.96. The van der Waals surface area contributed by atoms with E-state index in [1.165, 1.54) is 4.68 Å². The summed E-state index contributed by atoms with van der Waals surface area (Å²) in [6.07, 6.45) is -1.49. The summed E-state index contributed by atoms with van der Waals surface area (Å²) in [5.74, 6) is 0. The second-order valence-electron chi connectivity index (χ2n) is 4.42. The third kappa shape index (κ3) is 2.61. The highest BCUT2D eigenvalue weighted by molar-refractivity contribution is 6.68. The van der Waals surface area contributed by atoms with Gasteiger partial charge in [-0.3, -0.25) is 9.48 Å². The van der Waals surface area contributed by atoms with Crippen LogP contribution in [0, 0.1) is 6.92 Å². The smallest absolute Gasteiger partial charge is 0.277 e. The average molecular weight is 336 g/mol. The van der Waals surface area contributed by atoms with Gasteiger partial charge in [-0.1, -0.05) is 53.0 Å². The van der Waals surface area contributed by atoms with Crippen molar-refractivity contribution in [3.63, 3.8) is 0 Å². The van der Waals surface area contributed by atoms with E-state index in [1.54, 1.807) is 30.8 Å². The minimum absolute atomic E-state index is 0.0800. The number of aromatic nitrogens is 2. The number of halogens is 3. The summed E-state index contributed by atoms with van der Waals surface area (Å²) in [5, 5.41) is 10.1. The molecule has 0 spiro atoms. The number of benzene rings is 1. The molecular formula is C13H13Cl3N2O2. The van der Waals surface area contributed by atoms with E-state index in [4.69, 9.17) is 34.8 Å². The van der Waals surface area contributed by atoms with Crippen molar-refractivity contribution in [3.05, 3.63) is 51.9 Å². The van der Waals surface area contributed by atoms with Crippen molar-refractivity contribution in [2.75, 3.05) is 0 Å². The van der Waals surface area contributed by atoms with Crippen molar-refractivity contribution in [2.24, 2.45) is 7.05 Å². The first-order valence-electron chi connectivity index (χ1n) is 5.84. The summed E-state index contributed by atoms with van der Waals surface area (Å²) in [6, 6.07) is 9.05. The number of aliphatic hydroxyl groups is 1. The Morgan fingerprint density at radius 3 is 2.25 bits per heavy atom. The molecule has 0 amide bonds. The minimum Gasteiger partial charge on any atom is -0.384 e. The molecule has 2 rings (SSSR count). The van der Waals surface area contributed by atoms with E-state index < -0.39 is 15.5 Å².